The first-order valence-electron chi connectivity index (χ1n) is 10.8. The number of amides is 1. The minimum absolute atomic E-state index is 0.233. The molecule has 32 heavy (non-hydrogen) atoms. The number of piperidine rings is 1. The highest BCUT2D eigenvalue weighted by atomic mass is 32.2. The van der Waals surface area contributed by atoms with Crippen LogP contribution in [-0.4, -0.2) is 36.7 Å². The first kappa shape index (κ1) is 22.6. The summed E-state index contributed by atoms with van der Waals surface area (Å²) in [7, 11) is -3.50. The van der Waals surface area contributed by atoms with Gasteiger partial charge in [0.2, 0.25) is 10.0 Å². The average Bonchev–Trinajstić information content (AvgIpc) is 3.18. The lowest BCUT2D eigenvalue weighted by atomic mass is 10.1. The van der Waals surface area contributed by atoms with Gasteiger partial charge in [-0.1, -0.05) is 30.7 Å². The van der Waals surface area contributed by atoms with Gasteiger partial charge in [0.05, 0.1) is 17.1 Å². The van der Waals surface area contributed by atoms with Crippen molar-refractivity contribution in [1.29, 1.82) is 0 Å². The molecule has 0 radical (unpaired) electrons. The van der Waals surface area contributed by atoms with Gasteiger partial charge < -0.3 is 5.32 Å². The number of carbonyl (C=O) groups excluding carboxylic acids is 1. The molecule has 2 aromatic carbocycles. The SMILES string of the molecule is Cc1ccccc1-c1nc(C)c(CNC(=O)c2ccc(S(=O)(=O)N3CCCCC3)cc2)s1. The number of benzene rings is 2. The van der Waals surface area contributed by atoms with E-state index in [1.54, 1.807) is 23.5 Å². The molecule has 0 spiro atoms. The third-order valence-corrected chi connectivity index (χ3v) is 8.85. The summed E-state index contributed by atoms with van der Waals surface area (Å²) in [6.45, 7) is 5.50. The highest BCUT2D eigenvalue weighted by molar-refractivity contribution is 7.89. The minimum atomic E-state index is -3.50. The summed E-state index contributed by atoms with van der Waals surface area (Å²) in [6, 6.07) is 14.3. The van der Waals surface area contributed by atoms with E-state index in [9.17, 15) is 13.2 Å². The predicted octanol–water partition coefficient (Wildman–Crippen LogP) is 4.53. The van der Waals surface area contributed by atoms with E-state index in [1.165, 1.54) is 16.4 Å². The van der Waals surface area contributed by atoms with Crippen LogP contribution in [0.2, 0.25) is 0 Å². The molecular weight excluding hydrogens is 442 g/mol. The number of aryl methyl sites for hydroxylation is 2. The second-order valence-electron chi connectivity index (χ2n) is 8.01. The number of sulfonamides is 1. The molecule has 1 aromatic heterocycles. The highest BCUT2D eigenvalue weighted by Crippen LogP contribution is 2.30. The van der Waals surface area contributed by atoms with Gasteiger partial charge in [-0.2, -0.15) is 4.31 Å². The van der Waals surface area contributed by atoms with Crippen LogP contribution in [0.5, 0.6) is 0 Å². The number of rotatable bonds is 6. The fourth-order valence-corrected chi connectivity index (χ4v) is 6.43. The van der Waals surface area contributed by atoms with Gasteiger partial charge in [-0.15, -0.1) is 11.3 Å². The molecule has 1 N–H and O–H groups in total. The van der Waals surface area contributed by atoms with Crippen LogP contribution in [-0.2, 0) is 16.6 Å². The summed E-state index contributed by atoms with van der Waals surface area (Å²) in [5.74, 6) is -0.239. The van der Waals surface area contributed by atoms with Gasteiger partial charge in [0.15, 0.2) is 0 Å². The van der Waals surface area contributed by atoms with E-state index < -0.39 is 10.0 Å². The molecular formula is C24H27N3O3S2. The van der Waals surface area contributed by atoms with Gasteiger partial charge in [-0.3, -0.25) is 4.79 Å². The third kappa shape index (κ3) is 4.77. The normalized spacial score (nSPS) is 14.9. The topological polar surface area (TPSA) is 79.4 Å². The van der Waals surface area contributed by atoms with E-state index >= 15 is 0 Å². The molecule has 2 heterocycles. The van der Waals surface area contributed by atoms with Gasteiger partial charge in [-0.25, -0.2) is 13.4 Å². The number of carbonyl (C=O) groups is 1. The Labute approximate surface area is 193 Å². The summed E-state index contributed by atoms with van der Waals surface area (Å²) in [6.07, 6.45) is 2.85. The molecule has 6 nitrogen and oxygen atoms in total. The minimum Gasteiger partial charge on any atom is -0.347 e. The van der Waals surface area contributed by atoms with Crippen LogP contribution in [0.15, 0.2) is 53.4 Å². The van der Waals surface area contributed by atoms with Crippen molar-refractivity contribution < 1.29 is 13.2 Å². The van der Waals surface area contributed by atoms with E-state index in [0.29, 0.717) is 25.2 Å². The number of nitrogens with zero attached hydrogens (tertiary/aromatic N) is 2. The molecule has 4 rings (SSSR count). The Kier molecular flexibility index (Phi) is 6.74. The van der Waals surface area contributed by atoms with Crippen molar-refractivity contribution in [2.24, 2.45) is 0 Å². The van der Waals surface area contributed by atoms with Crippen molar-refractivity contribution in [2.75, 3.05) is 13.1 Å². The van der Waals surface area contributed by atoms with Gasteiger partial charge in [0, 0.05) is 29.1 Å². The maximum atomic E-state index is 12.8. The Morgan fingerprint density at radius 2 is 1.72 bits per heavy atom. The molecule has 1 fully saturated rings. The fourth-order valence-electron chi connectivity index (χ4n) is 3.82. The standard InChI is InChI=1S/C24H27N3O3S2/c1-17-8-4-5-9-21(17)24-26-18(2)22(31-24)16-25-23(28)19-10-12-20(13-11-19)32(29,30)27-14-6-3-7-15-27/h4-5,8-13H,3,6-7,14-16H2,1-2H3,(H,25,28). The number of thiazole rings is 1. The fraction of sp³-hybridized carbons (Fsp3) is 0.333. The number of nitrogens with one attached hydrogen (secondary N) is 1. The molecule has 0 bridgehead atoms. The van der Waals surface area contributed by atoms with E-state index in [2.05, 4.69) is 29.4 Å². The van der Waals surface area contributed by atoms with Gasteiger partial charge >= 0.3 is 0 Å². The van der Waals surface area contributed by atoms with E-state index in [-0.39, 0.29) is 10.8 Å². The Morgan fingerprint density at radius 1 is 1.03 bits per heavy atom. The molecule has 1 aliphatic rings. The van der Waals surface area contributed by atoms with E-state index in [1.807, 2.05) is 19.1 Å². The first-order chi connectivity index (χ1) is 15.4. The van der Waals surface area contributed by atoms with Crippen LogP contribution >= 0.6 is 11.3 Å². The maximum absolute atomic E-state index is 12.8. The van der Waals surface area contributed by atoms with Gasteiger partial charge in [0.25, 0.3) is 5.91 Å². The molecule has 0 unspecified atom stereocenters. The zero-order valence-electron chi connectivity index (χ0n) is 18.3. The molecule has 0 saturated carbocycles. The Morgan fingerprint density at radius 3 is 2.41 bits per heavy atom. The molecule has 168 valence electrons. The lowest BCUT2D eigenvalue weighted by Gasteiger charge is -2.25. The van der Waals surface area contributed by atoms with Crippen molar-refractivity contribution in [3.63, 3.8) is 0 Å². The summed E-state index contributed by atoms with van der Waals surface area (Å²) in [4.78, 5) is 18.5. The predicted molar refractivity (Wildman–Crippen MR) is 127 cm³/mol. The second kappa shape index (κ2) is 9.52. The van der Waals surface area contributed by atoms with Crippen molar-refractivity contribution in [3.8, 4) is 10.6 Å². The molecule has 1 amide bonds. The smallest absolute Gasteiger partial charge is 0.251 e. The van der Waals surface area contributed by atoms with Gasteiger partial charge in [0.1, 0.15) is 5.01 Å². The zero-order chi connectivity index (χ0) is 22.7. The Hall–Kier alpha value is -2.55. The summed E-state index contributed by atoms with van der Waals surface area (Å²) < 4.78 is 27.1. The Bertz CT molecular complexity index is 1210. The maximum Gasteiger partial charge on any atom is 0.251 e. The number of hydrogen-bond donors (Lipinski definition) is 1. The van der Waals surface area contributed by atoms with Crippen LogP contribution in [0.4, 0.5) is 0 Å². The van der Waals surface area contributed by atoms with Crippen LogP contribution in [0.25, 0.3) is 10.6 Å². The second-order valence-corrected chi connectivity index (χ2v) is 11.0. The number of aromatic nitrogens is 1. The molecule has 8 heteroatoms. The van der Waals surface area contributed by atoms with Crippen molar-refractivity contribution in [2.45, 2.75) is 44.6 Å². The van der Waals surface area contributed by atoms with E-state index in [4.69, 9.17) is 0 Å². The molecule has 1 aliphatic heterocycles. The van der Waals surface area contributed by atoms with Crippen molar-refractivity contribution >= 4 is 27.3 Å². The summed E-state index contributed by atoms with van der Waals surface area (Å²) >= 11 is 1.57. The average molecular weight is 470 g/mol. The highest BCUT2D eigenvalue weighted by Gasteiger charge is 2.26. The van der Waals surface area contributed by atoms with Crippen LogP contribution in [0.3, 0.4) is 0 Å². The molecule has 1 saturated heterocycles. The van der Waals surface area contributed by atoms with Crippen LogP contribution < -0.4 is 5.32 Å². The van der Waals surface area contributed by atoms with Crippen LogP contribution in [0, 0.1) is 13.8 Å². The largest absolute Gasteiger partial charge is 0.347 e. The lowest BCUT2D eigenvalue weighted by molar-refractivity contribution is 0.0951. The third-order valence-electron chi connectivity index (χ3n) is 5.75. The van der Waals surface area contributed by atoms with E-state index in [0.717, 1.165) is 46.0 Å². The number of hydrogen-bond acceptors (Lipinski definition) is 5. The van der Waals surface area contributed by atoms with Crippen LogP contribution in [0.1, 0.15) is 45.8 Å². The quantitative estimate of drug-likeness (QED) is 0.575. The van der Waals surface area contributed by atoms with Gasteiger partial charge in [-0.05, 0) is 56.5 Å². The van der Waals surface area contributed by atoms with Crippen molar-refractivity contribution in [1.82, 2.24) is 14.6 Å². The first-order valence-corrected chi connectivity index (χ1v) is 13.0. The van der Waals surface area contributed by atoms with Crippen molar-refractivity contribution in [3.05, 3.63) is 70.2 Å². The summed E-state index contributed by atoms with van der Waals surface area (Å²) in [5, 5.41) is 3.87. The zero-order valence-corrected chi connectivity index (χ0v) is 19.9. The molecule has 0 aliphatic carbocycles. The summed E-state index contributed by atoms with van der Waals surface area (Å²) in [5.41, 5.74) is 3.60. The molecule has 0 atom stereocenters. The molecule has 3 aromatic rings. The monoisotopic (exact) mass is 469 g/mol. The Balaban J connectivity index is 1.42. The lowest BCUT2D eigenvalue weighted by Crippen LogP contribution is -2.35.